The van der Waals surface area contributed by atoms with E-state index in [1.54, 1.807) is 28.6 Å². The van der Waals surface area contributed by atoms with Gasteiger partial charge >= 0.3 is 0 Å². The lowest BCUT2D eigenvalue weighted by molar-refractivity contribution is -0.123. The summed E-state index contributed by atoms with van der Waals surface area (Å²) in [6.45, 7) is 13.2. The number of nitrogens with two attached hydrogens (primary N) is 3. The standard InChI is InChI=1S/C32H66IN7O10S2.CH5N.CH2O/c1-28(40-33)26-51-52-27-30(25-41)38-24-29(4-3-7-37-32(35)36-2)39-31(42)5-8-43-10-12-45-14-16-47-18-20-49-22-23-50-21-19-48-17-15-46-13-11-44-9-6-34;2*1-2/h25,28-30,38,40H,3-24,26-27,34H2,1-2H3,(H,39,42)(H3,35,36,37);2H2,1H3;1H2. The molecule has 56 heavy (non-hydrogen) atoms. The van der Waals surface area contributed by atoms with E-state index in [4.69, 9.17) is 54.2 Å². The Bertz CT molecular complexity index is 859. The quantitative estimate of drug-likeness (QED) is 0.00777. The first-order valence-electron chi connectivity index (χ1n) is 18.7. The summed E-state index contributed by atoms with van der Waals surface area (Å²) in [5.41, 5.74) is 15.5. The Hall–Kier alpha value is -0.970. The molecular weight excluding hydrogens is 887 g/mol. The fraction of sp³-hybridized carbons (Fsp3) is 0.882. The molecule has 0 aromatic heterocycles. The van der Waals surface area contributed by atoms with Gasteiger partial charge in [0.1, 0.15) is 13.1 Å². The second kappa shape index (κ2) is 52.0. The van der Waals surface area contributed by atoms with Gasteiger partial charge in [0.2, 0.25) is 5.91 Å². The van der Waals surface area contributed by atoms with E-state index in [1.807, 2.05) is 6.79 Å². The number of amides is 1. The summed E-state index contributed by atoms with van der Waals surface area (Å²) in [6, 6.07) is -0.0693. The molecule has 3 unspecified atom stereocenters. The zero-order valence-corrected chi connectivity index (χ0v) is 37.6. The van der Waals surface area contributed by atoms with E-state index in [0.29, 0.717) is 143 Å². The van der Waals surface area contributed by atoms with Gasteiger partial charge in [-0.15, -0.1) is 0 Å². The topological polar surface area (TPSA) is 264 Å². The molecule has 19 nitrogen and oxygen atoms in total. The second-order valence-electron chi connectivity index (χ2n) is 11.1. The summed E-state index contributed by atoms with van der Waals surface area (Å²) in [6.07, 6.45) is 2.61. The molecule has 10 N–H and O–H groups in total. The summed E-state index contributed by atoms with van der Waals surface area (Å²) in [5.74, 6) is 1.84. The minimum Gasteiger partial charge on any atom is -0.379 e. The van der Waals surface area contributed by atoms with Crippen molar-refractivity contribution in [3.05, 3.63) is 0 Å². The van der Waals surface area contributed by atoms with Crippen molar-refractivity contribution >= 4 is 69.4 Å². The number of carbonyl (C=O) groups excluding carboxylic acids is 3. The molecule has 334 valence electrons. The molecule has 1 amide bonds. The summed E-state index contributed by atoms with van der Waals surface area (Å²) >= 11 is 2.14. The van der Waals surface area contributed by atoms with Crippen LogP contribution in [0.4, 0.5) is 0 Å². The van der Waals surface area contributed by atoms with Gasteiger partial charge in [0, 0.05) is 79.6 Å². The Morgan fingerprint density at radius 2 is 1.20 bits per heavy atom. The molecule has 0 heterocycles. The molecule has 0 radical (unpaired) electrons. The number of carbonyl (C=O) groups is 3. The van der Waals surface area contributed by atoms with E-state index in [0.717, 1.165) is 18.5 Å². The number of nitrogens with zero attached hydrogens (tertiary/aromatic N) is 1. The number of ether oxygens (including phenoxy) is 8. The number of nitrogens with one attached hydrogen (secondary N) is 4. The van der Waals surface area contributed by atoms with Gasteiger partial charge in [-0.05, 0) is 26.8 Å². The Balaban J connectivity index is -0.00000678. The Morgan fingerprint density at radius 3 is 1.61 bits per heavy atom. The molecule has 3 atom stereocenters. The average molecular weight is 961 g/mol. The monoisotopic (exact) mass is 960 g/mol. The number of guanidine groups is 1. The molecule has 0 aromatic carbocycles. The van der Waals surface area contributed by atoms with Crippen molar-refractivity contribution in [2.24, 2.45) is 22.2 Å². The molecule has 0 fully saturated rings. The molecule has 0 rings (SSSR count). The molecule has 0 aliphatic heterocycles. The van der Waals surface area contributed by atoms with E-state index in [1.165, 1.54) is 7.05 Å². The van der Waals surface area contributed by atoms with Gasteiger partial charge in [-0.3, -0.25) is 13.3 Å². The number of aliphatic imine (C=N–C) groups is 1. The Kier molecular flexibility index (Phi) is 55.2. The van der Waals surface area contributed by atoms with Crippen molar-refractivity contribution < 1.29 is 52.3 Å². The minimum atomic E-state index is -0.305. The Labute approximate surface area is 357 Å². The van der Waals surface area contributed by atoms with Crippen molar-refractivity contribution in [3.63, 3.8) is 0 Å². The molecule has 0 saturated heterocycles. The largest absolute Gasteiger partial charge is 0.379 e. The van der Waals surface area contributed by atoms with Crippen LogP contribution in [-0.2, 0) is 52.3 Å². The lowest BCUT2D eigenvalue weighted by Crippen LogP contribution is -2.46. The van der Waals surface area contributed by atoms with E-state index in [9.17, 15) is 9.59 Å². The van der Waals surface area contributed by atoms with E-state index < -0.39 is 0 Å². The minimum absolute atomic E-state index is 0.113. The molecule has 22 heteroatoms. The van der Waals surface area contributed by atoms with E-state index in [-0.39, 0.29) is 31.0 Å². The first kappa shape index (κ1) is 59.3. The van der Waals surface area contributed by atoms with Gasteiger partial charge in [-0.2, -0.15) is 0 Å². The molecule has 0 aliphatic carbocycles. The maximum absolute atomic E-state index is 12.7. The number of aldehydes is 1. The van der Waals surface area contributed by atoms with Crippen LogP contribution in [0.5, 0.6) is 0 Å². The highest BCUT2D eigenvalue weighted by atomic mass is 127. The second-order valence-corrected chi connectivity index (χ2v) is 14.3. The predicted octanol–water partition coefficient (Wildman–Crippen LogP) is -0.476. The number of rotatable bonds is 41. The number of hydrogen-bond acceptors (Lipinski definition) is 18. The van der Waals surface area contributed by atoms with Crippen LogP contribution in [0.15, 0.2) is 4.99 Å². The van der Waals surface area contributed by atoms with Gasteiger partial charge < -0.3 is 80.6 Å². The first-order valence-corrected chi connectivity index (χ1v) is 22.3. The SMILES string of the molecule is C=O.CN.CN=C(N)NCCCC(CNC(C=O)CSSCC(C)NI)NC(=O)CCOCCOCCOCCOCCOCCOCCOCCOCCN. The summed E-state index contributed by atoms with van der Waals surface area (Å²) in [5, 5.41) is 9.39. The fourth-order valence-corrected chi connectivity index (χ4v) is 6.77. The molecule has 0 aliphatic rings. The normalized spacial score (nSPS) is 12.8. The van der Waals surface area contributed by atoms with Crippen molar-refractivity contribution in [3.8, 4) is 0 Å². The molecular formula is C34H73IN8O11S2. The predicted molar refractivity (Wildman–Crippen MR) is 234 cm³/mol. The third-order valence-corrected chi connectivity index (χ3v) is 10.3. The summed E-state index contributed by atoms with van der Waals surface area (Å²) in [7, 11) is 6.50. The zero-order chi connectivity index (χ0) is 42.2. The van der Waals surface area contributed by atoms with Crippen LogP contribution in [0.2, 0.25) is 0 Å². The highest BCUT2D eigenvalue weighted by Gasteiger charge is 2.16. The Morgan fingerprint density at radius 1 is 0.768 bits per heavy atom. The number of hydrogen-bond donors (Lipinski definition) is 7. The maximum atomic E-state index is 12.7. The summed E-state index contributed by atoms with van der Waals surface area (Å²) < 4.78 is 46.7. The lowest BCUT2D eigenvalue weighted by atomic mass is 10.1. The fourth-order valence-electron chi connectivity index (χ4n) is 3.80. The summed E-state index contributed by atoms with van der Waals surface area (Å²) in [4.78, 5) is 36.2. The lowest BCUT2D eigenvalue weighted by Gasteiger charge is -2.22. The van der Waals surface area contributed by atoms with Crippen LogP contribution < -0.4 is 36.7 Å². The van der Waals surface area contributed by atoms with Crippen LogP contribution in [0.1, 0.15) is 26.2 Å². The molecule has 0 aromatic rings. The van der Waals surface area contributed by atoms with Crippen molar-refractivity contribution in [1.82, 2.24) is 19.5 Å². The van der Waals surface area contributed by atoms with Gasteiger partial charge in [-0.25, -0.2) is 0 Å². The number of halogens is 1. The zero-order valence-electron chi connectivity index (χ0n) is 33.9. The van der Waals surface area contributed by atoms with Crippen molar-refractivity contribution in [2.45, 2.75) is 44.3 Å². The maximum Gasteiger partial charge on any atom is 0.222 e. The first-order chi connectivity index (χ1) is 27.5. The van der Waals surface area contributed by atoms with Gasteiger partial charge in [0.15, 0.2) is 5.96 Å². The molecule has 0 spiro atoms. The molecule has 0 saturated carbocycles. The van der Waals surface area contributed by atoms with Gasteiger partial charge in [-0.1, -0.05) is 21.6 Å². The smallest absolute Gasteiger partial charge is 0.222 e. The molecule has 0 bridgehead atoms. The average Bonchev–Trinajstić information content (AvgIpc) is 3.23. The van der Waals surface area contributed by atoms with Gasteiger partial charge in [0.25, 0.3) is 0 Å². The van der Waals surface area contributed by atoms with Crippen LogP contribution in [-0.4, -0.2) is 194 Å². The third kappa shape index (κ3) is 47.4. The van der Waals surface area contributed by atoms with Crippen LogP contribution >= 0.6 is 44.5 Å². The highest BCUT2D eigenvalue weighted by molar-refractivity contribution is 14.1. The van der Waals surface area contributed by atoms with Crippen molar-refractivity contribution in [2.75, 3.05) is 151 Å². The van der Waals surface area contributed by atoms with Crippen LogP contribution in [0.3, 0.4) is 0 Å². The highest BCUT2D eigenvalue weighted by Crippen LogP contribution is 2.22. The van der Waals surface area contributed by atoms with Crippen molar-refractivity contribution in [1.29, 1.82) is 0 Å². The third-order valence-electron chi connectivity index (χ3n) is 6.61. The van der Waals surface area contributed by atoms with Crippen LogP contribution in [0, 0.1) is 0 Å². The van der Waals surface area contributed by atoms with E-state index in [2.05, 4.69) is 60.0 Å². The van der Waals surface area contributed by atoms with Gasteiger partial charge in [0.05, 0.1) is 112 Å². The van der Waals surface area contributed by atoms with Crippen LogP contribution in [0.25, 0.3) is 0 Å². The van der Waals surface area contributed by atoms with E-state index >= 15 is 0 Å².